The Labute approximate surface area is 266 Å². The Morgan fingerprint density at radius 1 is 0.977 bits per heavy atom. The molecule has 1 aliphatic heterocycles. The van der Waals surface area contributed by atoms with Crippen LogP contribution in [0.5, 0.6) is 0 Å². The first-order valence-corrected chi connectivity index (χ1v) is 15.8. The zero-order chi connectivity index (χ0) is 33.4. The molecule has 5 atom stereocenters. The molecule has 1 aromatic rings. The highest BCUT2D eigenvalue weighted by atomic mass is 16.5. The van der Waals surface area contributed by atoms with Crippen LogP contribution in [-0.2, 0) is 29.3 Å². The largest absolute Gasteiger partial charge is 0.383 e. The van der Waals surface area contributed by atoms with Crippen molar-refractivity contribution in [3.8, 4) is 0 Å². The van der Waals surface area contributed by atoms with Gasteiger partial charge in [-0.05, 0) is 43.7 Å². The third-order valence-corrected chi connectivity index (χ3v) is 9.00. The van der Waals surface area contributed by atoms with Crippen LogP contribution in [0, 0.1) is 11.3 Å². The molecule has 3 amide bonds. The summed E-state index contributed by atoms with van der Waals surface area (Å²) in [5.41, 5.74) is 0.495. The molecule has 0 bridgehead atoms. The first kappa shape index (κ1) is 37.4. The van der Waals surface area contributed by atoms with Gasteiger partial charge in [-0.15, -0.1) is 0 Å². The Kier molecular flexibility index (Phi) is 13.6. The van der Waals surface area contributed by atoms with Gasteiger partial charge in [0.1, 0.15) is 6.04 Å². The number of ether oxygens (including phenoxy) is 2. The predicted octanol–water partition coefficient (Wildman–Crippen LogP) is 4.16. The van der Waals surface area contributed by atoms with Crippen LogP contribution in [0.3, 0.4) is 0 Å². The minimum atomic E-state index is -0.788. The molecule has 9 heteroatoms. The highest BCUT2D eigenvalue weighted by Crippen LogP contribution is 2.30. The van der Waals surface area contributed by atoms with Crippen molar-refractivity contribution in [2.45, 2.75) is 104 Å². The Morgan fingerprint density at radius 2 is 1.50 bits per heavy atom. The molecular weight excluding hydrogens is 556 g/mol. The van der Waals surface area contributed by atoms with Crippen molar-refractivity contribution in [3.05, 3.63) is 47.5 Å². The van der Waals surface area contributed by atoms with E-state index in [2.05, 4.69) is 10.6 Å². The maximum atomic E-state index is 14.2. The van der Waals surface area contributed by atoms with Crippen molar-refractivity contribution in [3.63, 3.8) is 0 Å². The van der Waals surface area contributed by atoms with Gasteiger partial charge in [-0.2, -0.15) is 0 Å². The normalized spacial score (nSPS) is 19.9. The number of benzene rings is 1. The molecule has 248 valence electrons. The predicted molar refractivity (Wildman–Crippen MR) is 176 cm³/mol. The average molecular weight is 615 g/mol. The van der Waals surface area contributed by atoms with Crippen LogP contribution < -0.4 is 10.6 Å². The van der Waals surface area contributed by atoms with Crippen LogP contribution in [0.4, 0.5) is 0 Å². The van der Waals surface area contributed by atoms with Gasteiger partial charge in [-0.25, -0.2) is 0 Å². The SMILES string of the molecule is CN[C@H](C(=O)N[C@H](C(=O)N(C)[C@H](C=C(C)C(=O)N1[C@H](COC)CC[C@H]1COC)C(C)C)C(C)(C)C)C(C)(C)c1ccccc1. The lowest BCUT2D eigenvalue weighted by Crippen LogP contribution is -2.61. The topological polar surface area (TPSA) is 100 Å². The minimum absolute atomic E-state index is 0.0198. The smallest absolute Gasteiger partial charge is 0.249 e. The van der Waals surface area contributed by atoms with Crippen LogP contribution in [-0.4, -0.2) is 99.3 Å². The second kappa shape index (κ2) is 16.0. The fourth-order valence-electron chi connectivity index (χ4n) is 6.37. The number of likely N-dealkylation sites (tertiary alicyclic amines) is 1. The van der Waals surface area contributed by atoms with Crippen molar-refractivity contribution >= 4 is 17.7 Å². The van der Waals surface area contributed by atoms with E-state index >= 15 is 0 Å². The summed E-state index contributed by atoms with van der Waals surface area (Å²) < 4.78 is 10.8. The van der Waals surface area contributed by atoms with Gasteiger partial charge < -0.3 is 29.9 Å². The van der Waals surface area contributed by atoms with Crippen molar-refractivity contribution < 1.29 is 23.9 Å². The molecule has 0 unspecified atom stereocenters. The van der Waals surface area contributed by atoms with Crippen molar-refractivity contribution in [2.75, 3.05) is 41.5 Å². The molecule has 1 fully saturated rings. The van der Waals surface area contributed by atoms with E-state index in [9.17, 15) is 14.4 Å². The summed E-state index contributed by atoms with van der Waals surface area (Å²) >= 11 is 0. The molecule has 1 aromatic carbocycles. The van der Waals surface area contributed by atoms with E-state index in [1.807, 2.05) is 96.7 Å². The molecule has 1 aliphatic rings. The monoisotopic (exact) mass is 614 g/mol. The third-order valence-electron chi connectivity index (χ3n) is 9.00. The number of carbonyl (C=O) groups is 3. The summed E-state index contributed by atoms with van der Waals surface area (Å²) in [6.07, 6.45) is 3.61. The van der Waals surface area contributed by atoms with Crippen molar-refractivity contribution in [1.82, 2.24) is 20.4 Å². The number of rotatable bonds is 14. The van der Waals surface area contributed by atoms with Crippen LogP contribution in [0.1, 0.15) is 73.8 Å². The highest BCUT2D eigenvalue weighted by molar-refractivity contribution is 5.94. The summed E-state index contributed by atoms with van der Waals surface area (Å²) in [6.45, 7) is 16.7. The zero-order valence-electron chi connectivity index (χ0n) is 29.2. The Bertz CT molecular complexity index is 1110. The Hall–Kier alpha value is -2.75. The molecule has 2 N–H and O–H groups in total. The van der Waals surface area contributed by atoms with Crippen molar-refractivity contribution in [2.24, 2.45) is 11.3 Å². The first-order chi connectivity index (χ1) is 20.5. The quantitative estimate of drug-likeness (QED) is 0.305. The fourth-order valence-corrected chi connectivity index (χ4v) is 6.37. The average Bonchev–Trinajstić information content (AvgIpc) is 3.35. The number of hydrogen-bond acceptors (Lipinski definition) is 6. The molecule has 0 radical (unpaired) electrons. The van der Waals surface area contributed by atoms with E-state index in [0.29, 0.717) is 18.8 Å². The second-order valence-corrected chi connectivity index (χ2v) is 14.2. The van der Waals surface area contributed by atoms with Crippen LogP contribution in [0.2, 0.25) is 0 Å². The third kappa shape index (κ3) is 8.92. The minimum Gasteiger partial charge on any atom is -0.383 e. The lowest BCUT2D eigenvalue weighted by Gasteiger charge is -2.40. The molecule has 1 saturated heterocycles. The summed E-state index contributed by atoms with van der Waals surface area (Å²) in [5, 5.41) is 6.29. The number of amides is 3. The van der Waals surface area contributed by atoms with Gasteiger partial charge >= 0.3 is 0 Å². The lowest BCUT2D eigenvalue weighted by atomic mass is 9.76. The molecule has 0 saturated carbocycles. The first-order valence-electron chi connectivity index (χ1n) is 15.8. The maximum absolute atomic E-state index is 14.2. The number of methoxy groups -OCH3 is 2. The van der Waals surface area contributed by atoms with Gasteiger partial charge in [0.05, 0.1) is 37.4 Å². The molecule has 0 spiro atoms. The van der Waals surface area contributed by atoms with Gasteiger partial charge in [0.2, 0.25) is 17.7 Å². The summed E-state index contributed by atoms with van der Waals surface area (Å²) in [7, 11) is 6.82. The number of nitrogens with one attached hydrogen (secondary N) is 2. The van der Waals surface area contributed by atoms with Gasteiger partial charge in [0, 0.05) is 32.3 Å². The summed E-state index contributed by atoms with van der Waals surface area (Å²) in [6, 6.07) is 8.14. The highest BCUT2D eigenvalue weighted by Gasteiger charge is 2.42. The summed E-state index contributed by atoms with van der Waals surface area (Å²) in [5.74, 6) is -0.496. The van der Waals surface area contributed by atoms with Gasteiger partial charge in [0.25, 0.3) is 0 Å². The van der Waals surface area contributed by atoms with Crippen LogP contribution in [0.15, 0.2) is 42.0 Å². The van der Waals surface area contributed by atoms with Gasteiger partial charge in [0.15, 0.2) is 0 Å². The van der Waals surface area contributed by atoms with E-state index in [0.717, 1.165) is 18.4 Å². The van der Waals surface area contributed by atoms with E-state index in [4.69, 9.17) is 9.47 Å². The number of carbonyl (C=O) groups excluding carboxylic acids is 3. The maximum Gasteiger partial charge on any atom is 0.249 e. The lowest BCUT2D eigenvalue weighted by molar-refractivity contribution is -0.141. The van der Waals surface area contributed by atoms with Crippen LogP contribution in [0.25, 0.3) is 0 Å². The molecule has 0 aromatic heterocycles. The number of nitrogens with zero attached hydrogens (tertiary/aromatic N) is 2. The number of likely N-dealkylation sites (N-methyl/N-ethyl adjacent to an activating group) is 2. The molecule has 9 nitrogen and oxygen atoms in total. The second-order valence-electron chi connectivity index (χ2n) is 14.2. The van der Waals surface area contributed by atoms with E-state index in [1.54, 1.807) is 33.2 Å². The molecule has 1 heterocycles. The standard InChI is InChI=1S/C35H58N4O5/c1-23(2)28(20-24(3)32(41)39-26(21-43-11)18-19-27(39)22-44-12)38(10)33(42)30(34(4,5)6)37-31(40)29(36-9)35(7,8)25-16-14-13-15-17-25/h13-17,20,23,26-30,36H,18-19,21-22H2,1-12H3,(H,37,40)/t26-,27-,28+,29+,30+/m0/s1. The van der Waals surface area contributed by atoms with Crippen molar-refractivity contribution in [1.29, 1.82) is 0 Å². The molecular formula is C35H58N4O5. The molecule has 2 rings (SSSR count). The zero-order valence-corrected chi connectivity index (χ0v) is 29.2. The van der Waals surface area contributed by atoms with Gasteiger partial charge in [-0.1, -0.05) is 84.9 Å². The Balaban J connectivity index is 2.36. The van der Waals surface area contributed by atoms with E-state index in [-0.39, 0.29) is 41.8 Å². The molecule has 44 heavy (non-hydrogen) atoms. The fraction of sp³-hybridized carbons (Fsp3) is 0.686. The van der Waals surface area contributed by atoms with E-state index in [1.165, 1.54) is 0 Å². The summed E-state index contributed by atoms with van der Waals surface area (Å²) in [4.78, 5) is 45.4. The van der Waals surface area contributed by atoms with Crippen LogP contribution >= 0.6 is 0 Å². The van der Waals surface area contributed by atoms with E-state index < -0.39 is 22.9 Å². The molecule has 0 aliphatic carbocycles. The van der Waals surface area contributed by atoms with Gasteiger partial charge in [-0.3, -0.25) is 14.4 Å². The Morgan fingerprint density at radius 3 is 1.93 bits per heavy atom. The number of hydrogen-bond donors (Lipinski definition) is 2.